The molecule has 0 fully saturated rings. The lowest BCUT2D eigenvalue weighted by molar-refractivity contribution is -0.141. The molecule has 112 valence electrons. The Hall–Kier alpha value is -2.38. The number of carbonyl (C=O) groups is 1. The first-order chi connectivity index (χ1) is 9.88. The summed E-state index contributed by atoms with van der Waals surface area (Å²) in [5.41, 5.74) is -1.11. The summed E-state index contributed by atoms with van der Waals surface area (Å²) in [6.07, 6.45) is -3.33. The van der Waals surface area contributed by atoms with Crippen LogP contribution in [0.15, 0.2) is 36.5 Å². The number of carbonyl (C=O) groups excluding carboxylic acids is 1. The number of nitrogens with one attached hydrogen (secondary N) is 1. The molecule has 1 heterocycles. The van der Waals surface area contributed by atoms with Crippen molar-refractivity contribution in [1.29, 1.82) is 0 Å². The zero-order valence-electron chi connectivity index (χ0n) is 10.7. The summed E-state index contributed by atoms with van der Waals surface area (Å²) in [4.78, 5) is 11.7. The van der Waals surface area contributed by atoms with Gasteiger partial charge in [-0.3, -0.25) is 9.48 Å². The van der Waals surface area contributed by atoms with Crippen LogP contribution in [0.25, 0.3) is 0 Å². The van der Waals surface area contributed by atoms with Crippen molar-refractivity contribution < 1.29 is 22.4 Å². The first-order valence-electron chi connectivity index (χ1n) is 6.01. The van der Waals surface area contributed by atoms with E-state index in [0.29, 0.717) is 0 Å². The highest BCUT2D eigenvalue weighted by Gasteiger charge is 2.33. The first kappa shape index (κ1) is 15.0. The van der Waals surface area contributed by atoms with Gasteiger partial charge >= 0.3 is 6.18 Å². The van der Waals surface area contributed by atoms with Crippen LogP contribution in [0.1, 0.15) is 16.1 Å². The van der Waals surface area contributed by atoms with Crippen molar-refractivity contribution in [1.82, 2.24) is 15.1 Å². The Kier molecular flexibility index (Phi) is 4.25. The van der Waals surface area contributed by atoms with Crippen LogP contribution in [0.3, 0.4) is 0 Å². The van der Waals surface area contributed by atoms with Crippen molar-refractivity contribution in [2.75, 3.05) is 6.54 Å². The van der Waals surface area contributed by atoms with Gasteiger partial charge in [-0.25, -0.2) is 4.39 Å². The predicted octanol–water partition coefficient (Wildman–Crippen LogP) is 2.47. The van der Waals surface area contributed by atoms with Crippen LogP contribution in [-0.4, -0.2) is 22.2 Å². The Morgan fingerprint density at radius 1 is 1.24 bits per heavy atom. The summed E-state index contributed by atoms with van der Waals surface area (Å²) < 4.78 is 51.4. The Morgan fingerprint density at radius 3 is 2.57 bits per heavy atom. The molecule has 21 heavy (non-hydrogen) atoms. The number of aromatic nitrogens is 2. The molecule has 0 spiro atoms. The first-order valence-corrected chi connectivity index (χ1v) is 6.01. The molecule has 0 aliphatic heterocycles. The van der Waals surface area contributed by atoms with Gasteiger partial charge < -0.3 is 5.32 Å². The Labute approximate surface area is 117 Å². The molecule has 0 saturated carbocycles. The van der Waals surface area contributed by atoms with Crippen molar-refractivity contribution in [2.45, 2.75) is 12.7 Å². The topological polar surface area (TPSA) is 46.9 Å². The van der Waals surface area contributed by atoms with Gasteiger partial charge in [-0.05, 0) is 18.2 Å². The number of nitrogens with zero attached hydrogens (tertiary/aromatic N) is 2. The molecule has 0 atom stereocenters. The van der Waals surface area contributed by atoms with Gasteiger partial charge in [0.2, 0.25) is 0 Å². The lowest BCUT2D eigenvalue weighted by Crippen LogP contribution is -2.28. The standard InChI is InChI=1S/C13H11F4N3O/c14-10-4-2-1-3-9(10)12(21)18-6-8-20-7-5-11(19-20)13(15,16)17/h1-5,7H,6,8H2,(H,18,21). The zero-order chi connectivity index (χ0) is 15.5. The van der Waals surface area contributed by atoms with Crippen molar-refractivity contribution in [3.8, 4) is 0 Å². The van der Waals surface area contributed by atoms with E-state index in [4.69, 9.17) is 0 Å². The van der Waals surface area contributed by atoms with Crippen LogP contribution in [0.5, 0.6) is 0 Å². The molecular formula is C13H11F4N3O. The van der Waals surface area contributed by atoms with Crippen molar-refractivity contribution >= 4 is 5.91 Å². The molecule has 0 unspecified atom stereocenters. The summed E-state index contributed by atoms with van der Waals surface area (Å²) in [6.45, 7) is 0.0857. The van der Waals surface area contributed by atoms with E-state index < -0.39 is 23.6 Å². The second-order valence-corrected chi connectivity index (χ2v) is 4.20. The minimum Gasteiger partial charge on any atom is -0.350 e. The fourth-order valence-electron chi connectivity index (χ4n) is 1.66. The normalized spacial score (nSPS) is 11.4. The SMILES string of the molecule is O=C(NCCn1ccc(C(F)(F)F)n1)c1ccccc1F. The molecule has 0 aliphatic carbocycles. The average molecular weight is 301 g/mol. The third-order valence-electron chi connectivity index (χ3n) is 2.68. The van der Waals surface area contributed by atoms with Crippen LogP contribution in [0, 0.1) is 5.82 Å². The molecule has 1 aromatic heterocycles. The summed E-state index contributed by atoms with van der Waals surface area (Å²) in [5.74, 6) is -1.29. The van der Waals surface area contributed by atoms with E-state index >= 15 is 0 Å². The second-order valence-electron chi connectivity index (χ2n) is 4.20. The molecular weight excluding hydrogens is 290 g/mol. The lowest BCUT2D eigenvalue weighted by Gasteiger charge is -2.06. The molecule has 1 amide bonds. The number of hydrogen-bond donors (Lipinski definition) is 1. The summed E-state index contributed by atoms with van der Waals surface area (Å²) >= 11 is 0. The summed E-state index contributed by atoms with van der Waals surface area (Å²) in [5, 5.41) is 5.75. The molecule has 0 radical (unpaired) electrons. The van der Waals surface area contributed by atoms with E-state index in [1.54, 1.807) is 0 Å². The van der Waals surface area contributed by atoms with Gasteiger partial charge in [-0.1, -0.05) is 12.1 Å². The number of benzene rings is 1. The number of rotatable bonds is 4. The average Bonchev–Trinajstić information content (AvgIpc) is 2.88. The van der Waals surface area contributed by atoms with Crippen LogP contribution in [0.4, 0.5) is 17.6 Å². The van der Waals surface area contributed by atoms with E-state index in [-0.39, 0.29) is 18.7 Å². The minimum absolute atomic E-state index is 0.0339. The second kappa shape index (κ2) is 5.94. The summed E-state index contributed by atoms with van der Waals surface area (Å²) in [7, 11) is 0. The molecule has 0 bridgehead atoms. The van der Waals surface area contributed by atoms with E-state index in [0.717, 1.165) is 23.0 Å². The smallest absolute Gasteiger partial charge is 0.350 e. The summed E-state index contributed by atoms with van der Waals surface area (Å²) in [6, 6.07) is 6.28. The Morgan fingerprint density at radius 2 is 1.95 bits per heavy atom. The molecule has 1 aromatic carbocycles. The van der Waals surface area contributed by atoms with Gasteiger partial charge in [-0.2, -0.15) is 18.3 Å². The lowest BCUT2D eigenvalue weighted by atomic mass is 10.2. The van der Waals surface area contributed by atoms with E-state index in [9.17, 15) is 22.4 Å². The van der Waals surface area contributed by atoms with E-state index in [1.807, 2.05) is 0 Å². The predicted molar refractivity (Wildman–Crippen MR) is 66.0 cm³/mol. The largest absolute Gasteiger partial charge is 0.435 e. The fraction of sp³-hybridized carbons (Fsp3) is 0.231. The third kappa shape index (κ3) is 3.80. The monoisotopic (exact) mass is 301 g/mol. The molecule has 1 N–H and O–H groups in total. The van der Waals surface area contributed by atoms with E-state index in [1.165, 1.54) is 18.2 Å². The van der Waals surface area contributed by atoms with Gasteiger partial charge in [0.1, 0.15) is 5.82 Å². The zero-order valence-corrected chi connectivity index (χ0v) is 10.7. The third-order valence-corrected chi connectivity index (χ3v) is 2.68. The Bertz CT molecular complexity index is 636. The van der Waals surface area contributed by atoms with Crippen LogP contribution >= 0.6 is 0 Å². The van der Waals surface area contributed by atoms with Crippen LogP contribution in [0.2, 0.25) is 0 Å². The molecule has 8 heteroatoms. The number of halogens is 4. The van der Waals surface area contributed by atoms with Gasteiger partial charge in [0.25, 0.3) is 5.91 Å². The van der Waals surface area contributed by atoms with Crippen LogP contribution in [-0.2, 0) is 12.7 Å². The maximum absolute atomic E-state index is 13.3. The molecule has 0 saturated heterocycles. The van der Waals surface area contributed by atoms with Gasteiger partial charge in [0, 0.05) is 12.7 Å². The quantitative estimate of drug-likeness (QED) is 0.882. The maximum atomic E-state index is 13.3. The highest BCUT2D eigenvalue weighted by atomic mass is 19.4. The number of alkyl halides is 3. The number of hydrogen-bond acceptors (Lipinski definition) is 2. The number of amides is 1. The van der Waals surface area contributed by atoms with Crippen LogP contribution < -0.4 is 5.32 Å². The van der Waals surface area contributed by atoms with Gasteiger partial charge in [0.05, 0.1) is 12.1 Å². The molecule has 0 aliphatic rings. The molecule has 2 rings (SSSR count). The van der Waals surface area contributed by atoms with E-state index in [2.05, 4.69) is 10.4 Å². The van der Waals surface area contributed by atoms with Crippen molar-refractivity contribution in [2.24, 2.45) is 0 Å². The highest BCUT2D eigenvalue weighted by Crippen LogP contribution is 2.27. The Balaban J connectivity index is 1.89. The van der Waals surface area contributed by atoms with Gasteiger partial charge in [-0.15, -0.1) is 0 Å². The van der Waals surface area contributed by atoms with Gasteiger partial charge in [0.15, 0.2) is 5.69 Å². The molecule has 2 aromatic rings. The van der Waals surface area contributed by atoms with Crippen molar-refractivity contribution in [3.05, 3.63) is 53.6 Å². The molecule has 4 nitrogen and oxygen atoms in total. The highest BCUT2D eigenvalue weighted by molar-refractivity contribution is 5.94. The maximum Gasteiger partial charge on any atom is 0.435 e. The minimum atomic E-state index is -4.50. The fourth-order valence-corrected chi connectivity index (χ4v) is 1.66. The van der Waals surface area contributed by atoms with Crippen molar-refractivity contribution in [3.63, 3.8) is 0 Å².